The van der Waals surface area contributed by atoms with Gasteiger partial charge >= 0.3 is 6.18 Å². The number of benzene rings is 2. The fourth-order valence-electron chi connectivity index (χ4n) is 2.89. The molecule has 0 saturated carbocycles. The molecule has 0 aliphatic carbocycles. The first kappa shape index (κ1) is 18.6. The zero-order valence-corrected chi connectivity index (χ0v) is 14.9. The second kappa shape index (κ2) is 6.69. The number of alkyl halides is 3. The van der Waals surface area contributed by atoms with Crippen molar-refractivity contribution in [2.24, 2.45) is 0 Å². The van der Waals surface area contributed by atoms with Crippen molar-refractivity contribution >= 4 is 28.6 Å². The topological polar surface area (TPSA) is 94.5 Å². The Balaban J connectivity index is 1.73. The third-order valence-electron chi connectivity index (χ3n) is 4.10. The van der Waals surface area contributed by atoms with Crippen LogP contribution >= 0.6 is 0 Å². The highest BCUT2D eigenvalue weighted by molar-refractivity contribution is 5.77. The predicted octanol–water partition coefficient (Wildman–Crippen LogP) is 4.00. The molecule has 29 heavy (non-hydrogen) atoms. The number of rotatable bonds is 3. The van der Waals surface area contributed by atoms with E-state index >= 15 is 0 Å². The van der Waals surface area contributed by atoms with Gasteiger partial charge in [0.05, 0.1) is 16.6 Å². The van der Waals surface area contributed by atoms with Crippen LogP contribution in [0.2, 0.25) is 0 Å². The summed E-state index contributed by atoms with van der Waals surface area (Å²) in [5.41, 5.74) is 5.89. The molecular formula is C18H13F4N7. The van der Waals surface area contributed by atoms with Crippen molar-refractivity contribution in [3.63, 3.8) is 0 Å². The van der Waals surface area contributed by atoms with E-state index in [1.165, 1.54) is 0 Å². The molecule has 0 bridgehead atoms. The SMILES string of the molecule is Cc1nc2ccccc2n1-c1nc(N)nc(Nc2ccc(C(F)(F)F)c(F)c2)n1. The summed E-state index contributed by atoms with van der Waals surface area (Å²) < 4.78 is 53.6. The van der Waals surface area contributed by atoms with Crippen LogP contribution in [0.3, 0.4) is 0 Å². The maximum atomic E-state index is 13.8. The number of fused-ring (bicyclic) bond motifs is 1. The molecular weight excluding hydrogens is 390 g/mol. The Labute approximate surface area is 161 Å². The number of nitrogens with zero attached hydrogens (tertiary/aromatic N) is 5. The summed E-state index contributed by atoms with van der Waals surface area (Å²) in [6, 6.07) is 9.74. The summed E-state index contributed by atoms with van der Waals surface area (Å²) in [5.74, 6) is -0.825. The van der Waals surface area contributed by atoms with Crippen LogP contribution in [0.15, 0.2) is 42.5 Å². The van der Waals surface area contributed by atoms with Gasteiger partial charge in [-0.15, -0.1) is 0 Å². The summed E-state index contributed by atoms with van der Waals surface area (Å²) in [5, 5.41) is 2.65. The van der Waals surface area contributed by atoms with Crippen LogP contribution < -0.4 is 11.1 Å². The number of aryl methyl sites for hydroxylation is 1. The molecule has 4 rings (SSSR count). The predicted molar refractivity (Wildman–Crippen MR) is 98.3 cm³/mol. The molecule has 0 amide bonds. The van der Waals surface area contributed by atoms with E-state index in [2.05, 4.69) is 25.3 Å². The number of nitrogens with one attached hydrogen (secondary N) is 1. The Hall–Kier alpha value is -3.76. The largest absolute Gasteiger partial charge is 0.419 e. The van der Waals surface area contributed by atoms with Crippen molar-refractivity contribution in [1.29, 1.82) is 0 Å². The molecule has 0 spiro atoms. The molecule has 0 radical (unpaired) electrons. The zero-order valence-electron chi connectivity index (χ0n) is 14.9. The van der Waals surface area contributed by atoms with E-state index < -0.39 is 17.6 Å². The Morgan fingerprint density at radius 1 is 1.00 bits per heavy atom. The molecule has 0 fully saturated rings. The van der Waals surface area contributed by atoms with Crippen LogP contribution in [0, 0.1) is 12.7 Å². The second-order valence-electron chi connectivity index (χ2n) is 6.12. The second-order valence-corrected chi connectivity index (χ2v) is 6.12. The molecule has 4 aromatic rings. The van der Waals surface area contributed by atoms with Gasteiger partial charge in [-0.1, -0.05) is 12.1 Å². The molecule has 2 aromatic heterocycles. The first-order valence-electron chi connectivity index (χ1n) is 8.32. The monoisotopic (exact) mass is 403 g/mol. The van der Waals surface area contributed by atoms with E-state index in [1.807, 2.05) is 24.3 Å². The van der Waals surface area contributed by atoms with Crippen molar-refractivity contribution in [1.82, 2.24) is 24.5 Å². The summed E-state index contributed by atoms with van der Waals surface area (Å²) in [7, 11) is 0. The van der Waals surface area contributed by atoms with E-state index in [0.717, 1.165) is 17.1 Å². The average molecular weight is 403 g/mol. The first-order chi connectivity index (χ1) is 13.7. The molecule has 0 aliphatic heterocycles. The normalized spacial score (nSPS) is 11.8. The van der Waals surface area contributed by atoms with Crippen molar-refractivity contribution < 1.29 is 17.6 Å². The summed E-state index contributed by atoms with van der Waals surface area (Å²) in [6.45, 7) is 1.76. The molecule has 0 saturated heterocycles. The maximum absolute atomic E-state index is 13.8. The van der Waals surface area contributed by atoms with E-state index in [-0.39, 0.29) is 23.5 Å². The summed E-state index contributed by atoms with van der Waals surface area (Å²) in [4.78, 5) is 16.7. The summed E-state index contributed by atoms with van der Waals surface area (Å²) >= 11 is 0. The Kier molecular flexibility index (Phi) is 4.29. The van der Waals surface area contributed by atoms with Gasteiger partial charge in [-0.05, 0) is 37.3 Å². The lowest BCUT2D eigenvalue weighted by molar-refractivity contribution is -0.139. The lowest BCUT2D eigenvalue weighted by atomic mass is 10.2. The number of halogens is 4. The Morgan fingerprint density at radius 2 is 1.76 bits per heavy atom. The van der Waals surface area contributed by atoms with Gasteiger partial charge in [-0.3, -0.25) is 4.57 Å². The highest BCUT2D eigenvalue weighted by atomic mass is 19.4. The standard InChI is InChI=1S/C18H13F4N7/c1-9-24-13-4-2-3-5-14(13)29(9)17-27-15(23)26-16(28-17)25-10-6-7-11(12(19)8-10)18(20,21)22/h2-8H,1H3,(H3,23,25,26,27,28). The van der Waals surface area contributed by atoms with Crippen molar-refractivity contribution in [2.45, 2.75) is 13.1 Å². The van der Waals surface area contributed by atoms with Gasteiger partial charge in [0.1, 0.15) is 11.6 Å². The molecule has 11 heteroatoms. The van der Waals surface area contributed by atoms with Crippen LogP contribution in [0.5, 0.6) is 0 Å². The minimum Gasteiger partial charge on any atom is -0.368 e. The average Bonchev–Trinajstić information content (AvgIpc) is 2.95. The van der Waals surface area contributed by atoms with E-state index in [0.29, 0.717) is 18.0 Å². The smallest absolute Gasteiger partial charge is 0.368 e. The molecule has 3 N–H and O–H groups in total. The fourth-order valence-corrected chi connectivity index (χ4v) is 2.89. The van der Waals surface area contributed by atoms with E-state index in [4.69, 9.17) is 5.73 Å². The third kappa shape index (κ3) is 3.53. The van der Waals surface area contributed by atoms with E-state index in [9.17, 15) is 17.6 Å². The highest BCUT2D eigenvalue weighted by Gasteiger charge is 2.34. The summed E-state index contributed by atoms with van der Waals surface area (Å²) in [6.07, 6.45) is -4.78. The number of para-hydroxylation sites is 2. The molecule has 2 aromatic carbocycles. The lowest BCUT2D eigenvalue weighted by Crippen LogP contribution is -2.11. The van der Waals surface area contributed by atoms with Crippen LogP contribution in [0.4, 0.5) is 35.1 Å². The Morgan fingerprint density at radius 3 is 2.48 bits per heavy atom. The molecule has 0 atom stereocenters. The van der Waals surface area contributed by atoms with Crippen molar-refractivity contribution in [3.05, 3.63) is 59.7 Å². The Bertz CT molecular complexity index is 1220. The minimum atomic E-state index is -4.78. The van der Waals surface area contributed by atoms with Gasteiger partial charge in [0.15, 0.2) is 0 Å². The number of aromatic nitrogens is 5. The van der Waals surface area contributed by atoms with Crippen LogP contribution in [0.25, 0.3) is 17.0 Å². The molecule has 0 unspecified atom stereocenters. The maximum Gasteiger partial charge on any atom is 0.419 e. The molecule has 7 nitrogen and oxygen atoms in total. The van der Waals surface area contributed by atoms with Gasteiger partial charge in [-0.2, -0.15) is 28.1 Å². The number of nitrogens with two attached hydrogens (primary N) is 1. The lowest BCUT2D eigenvalue weighted by Gasteiger charge is -2.11. The number of nitrogen functional groups attached to an aromatic ring is 1. The molecule has 0 aliphatic rings. The van der Waals surface area contributed by atoms with Crippen molar-refractivity contribution in [2.75, 3.05) is 11.1 Å². The number of hydrogen-bond acceptors (Lipinski definition) is 6. The third-order valence-corrected chi connectivity index (χ3v) is 4.10. The van der Waals surface area contributed by atoms with Gasteiger partial charge in [0.25, 0.3) is 0 Å². The van der Waals surface area contributed by atoms with Crippen LogP contribution in [-0.2, 0) is 6.18 Å². The molecule has 148 valence electrons. The first-order valence-corrected chi connectivity index (χ1v) is 8.32. The zero-order chi connectivity index (χ0) is 20.8. The number of hydrogen-bond donors (Lipinski definition) is 2. The van der Waals surface area contributed by atoms with Gasteiger partial charge in [-0.25, -0.2) is 9.37 Å². The highest BCUT2D eigenvalue weighted by Crippen LogP contribution is 2.32. The van der Waals surface area contributed by atoms with Crippen molar-refractivity contribution in [3.8, 4) is 5.95 Å². The van der Waals surface area contributed by atoms with Gasteiger partial charge < -0.3 is 11.1 Å². The number of anilines is 3. The fraction of sp³-hybridized carbons (Fsp3) is 0.111. The van der Waals surface area contributed by atoms with Crippen LogP contribution in [0.1, 0.15) is 11.4 Å². The number of imidazole rings is 1. The minimum absolute atomic E-state index is 0.0271. The molecule has 2 heterocycles. The van der Waals surface area contributed by atoms with Gasteiger partial charge in [0, 0.05) is 5.69 Å². The van der Waals surface area contributed by atoms with Gasteiger partial charge in [0.2, 0.25) is 17.8 Å². The van der Waals surface area contributed by atoms with E-state index in [1.54, 1.807) is 11.5 Å². The quantitative estimate of drug-likeness (QED) is 0.502. The van der Waals surface area contributed by atoms with Crippen LogP contribution in [-0.4, -0.2) is 24.5 Å².